The Bertz CT molecular complexity index is 257. The molecule has 1 aliphatic carbocycles. The van der Waals surface area contributed by atoms with Gasteiger partial charge in [-0.25, -0.2) is 0 Å². The smallest absolute Gasteiger partial charge is 0.226 e. The largest absolute Gasteiger partial charge is 0.391 e. The highest BCUT2D eigenvalue weighted by molar-refractivity contribution is 5.79. The Balaban J connectivity index is 1.96. The average molecular weight is 226 g/mol. The Morgan fingerprint density at radius 3 is 2.69 bits per heavy atom. The predicted molar refractivity (Wildman–Crippen MR) is 61.7 cm³/mol. The van der Waals surface area contributed by atoms with E-state index in [4.69, 9.17) is 5.73 Å². The molecule has 92 valence electrons. The maximum atomic E-state index is 12.3. The highest BCUT2D eigenvalue weighted by Crippen LogP contribution is 2.31. The van der Waals surface area contributed by atoms with Gasteiger partial charge < -0.3 is 15.7 Å². The van der Waals surface area contributed by atoms with Crippen LogP contribution in [0, 0.1) is 11.8 Å². The van der Waals surface area contributed by atoms with Crippen LogP contribution in [0.4, 0.5) is 0 Å². The van der Waals surface area contributed by atoms with Crippen LogP contribution < -0.4 is 5.73 Å². The normalized spacial score (nSPS) is 35.4. The molecule has 1 amide bonds. The van der Waals surface area contributed by atoms with E-state index in [0.717, 1.165) is 25.7 Å². The molecule has 2 aliphatic rings. The fourth-order valence-electron chi connectivity index (χ4n) is 2.99. The zero-order chi connectivity index (χ0) is 11.5. The molecule has 3 N–H and O–H groups in total. The maximum Gasteiger partial charge on any atom is 0.226 e. The average Bonchev–Trinajstić information content (AvgIpc) is 2.75. The lowest BCUT2D eigenvalue weighted by atomic mass is 9.78. The number of carbonyl (C=O) groups is 1. The van der Waals surface area contributed by atoms with Gasteiger partial charge in [-0.05, 0) is 31.7 Å². The second-order valence-corrected chi connectivity index (χ2v) is 5.11. The number of aliphatic hydroxyl groups excluding tert-OH is 1. The monoisotopic (exact) mass is 226 g/mol. The zero-order valence-electron chi connectivity index (χ0n) is 9.77. The third-order valence-electron chi connectivity index (χ3n) is 4.00. The molecule has 0 bridgehead atoms. The minimum absolute atomic E-state index is 0.115. The van der Waals surface area contributed by atoms with E-state index in [2.05, 4.69) is 0 Å². The van der Waals surface area contributed by atoms with Crippen molar-refractivity contribution in [1.29, 1.82) is 0 Å². The molecule has 1 saturated carbocycles. The van der Waals surface area contributed by atoms with Crippen molar-refractivity contribution in [1.82, 2.24) is 4.90 Å². The Morgan fingerprint density at radius 1 is 1.31 bits per heavy atom. The second-order valence-electron chi connectivity index (χ2n) is 5.11. The molecule has 4 nitrogen and oxygen atoms in total. The van der Waals surface area contributed by atoms with E-state index in [0.29, 0.717) is 25.6 Å². The van der Waals surface area contributed by atoms with Crippen LogP contribution in [0.1, 0.15) is 32.1 Å². The molecule has 2 fully saturated rings. The number of aliphatic hydroxyl groups is 1. The van der Waals surface area contributed by atoms with Gasteiger partial charge in [-0.2, -0.15) is 0 Å². The number of likely N-dealkylation sites (tertiary alicyclic amines) is 1. The first kappa shape index (κ1) is 11.9. The van der Waals surface area contributed by atoms with Gasteiger partial charge in [0.1, 0.15) is 0 Å². The minimum Gasteiger partial charge on any atom is -0.391 e. The Kier molecular flexibility index (Phi) is 3.82. The number of hydrogen-bond donors (Lipinski definition) is 2. The van der Waals surface area contributed by atoms with E-state index in [9.17, 15) is 9.90 Å². The van der Waals surface area contributed by atoms with Crippen LogP contribution in [0.5, 0.6) is 0 Å². The molecule has 0 aromatic rings. The quantitative estimate of drug-likeness (QED) is 0.714. The van der Waals surface area contributed by atoms with Crippen LogP contribution in [0.3, 0.4) is 0 Å². The van der Waals surface area contributed by atoms with E-state index in [1.807, 2.05) is 4.90 Å². The van der Waals surface area contributed by atoms with Crippen molar-refractivity contribution < 1.29 is 9.90 Å². The molecule has 0 spiro atoms. The van der Waals surface area contributed by atoms with Gasteiger partial charge in [-0.1, -0.05) is 12.8 Å². The Hall–Kier alpha value is -0.610. The molecule has 1 heterocycles. The summed E-state index contributed by atoms with van der Waals surface area (Å²) in [5.74, 6) is 0.703. The third-order valence-corrected chi connectivity index (χ3v) is 4.00. The van der Waals surface area contributed by atoms with Gasteiger partial charge in [0.15, 0.2) is 0 Å². The Morgan fingerprint density at radius 2 is 2.06 bits per heavy atom. The number of β-amino-alcohol motifs (C(OH)–C–C–N with tert-alkyl or cyclic N) is 1. The summed E-state index contributed by atoms with van der Waals surface area (Å²) in [7, 11) is 0. The molecular formula is C12H22N2O2. The van der Waals surface area contributed by atoms with Gasteiger partial charge in [0, 0.05) is 19.0 Å². The summed E-state index contributed by atoms with van der Waals surface area (Å²) in [4.78, 5) is 14.1. The van der Waals surface area contributed by atoms with Crippen molar-refractivity contribution in [2.24, 2.45) is 17.6 Å². The molecule has 1 saturated heterocycles. The molecule has 1 aliphatic heterocycles. The fourth-order valence-corrected chi connectivity index (χ4v) is 2.99. The zero-order valence-corrected chi connectivity index (χ0v) is 9.77. The SMILES string of the molecule is NCC1CCCCC1C(=O)N1CCC(O)C1. The van der Waals surface area contributed by atoms with Crippen LogP contribution in [-0.2, 0) is 4.79 Å². The van der Waals surface area contributed by atoms with Gasteiger partial charge in [-0.15, -0.1) is 0 Å². The lowest BCUT2D eigenvalue weighted by Gasteiger charge is -2.32. The maximum absolute atomic E-state index is 12.3. The predicted octanol–water partition coefficient (Wildman–Crippen LogP) is 0.345. The van der Waals surface area contributed by atoms with Crippen molar-refractivity contribution in [2.45, 2.75) is 38.2 Å². The van der Waals surface area contributed by atoms with E-state index in [1.54, 1.807) is 0 Å². The van der Waals surface area contributed by atoms with Gasteiger partial charge >= 0.3 is 0 Å². The lowest BCUT2D eigenvalue weighted by molar-refractivity contribution is -0.137. The summed E-state index contributed by atoms with van der Waals surface area (Å²) >= 11 is 0. The van der Waals surface area contributed by atoms with E-state index < -0.39 is 0 Å². The van der Waals surface area contributed by atoms with Gasteiger partial charge in [-0.3, -0.25) is 4.79 Å². The van der Waals surface area contributed by atoms with E-state index in [-0.39, 0.29) is 17.9 Å². The van der Waals surface area contributed by atoms with Crippen LogP contribution >= 0.6 is 0 Å². The second kappa shape index (κ2) is 5.15. The molecule has 4 heteroatoms. The standard InChI is InChI=1S/C12H22N2O2/c13-7-9-3-1-2-4-11(9)12(16)14-6-5-10(15)8-14/h9-11,15H,1-8,13H2. The molecule has 0 aromatic heterocycles. The Labute approximate surface area is 96.8 Å². The molecule has 0 aromatic carbocycles. The lowest BCUT2D eigenvalue weighted by Crippen LogP contribution is -2.41. The van der Waals surface area contributed by atoms with E-state index in [1.165, 1.54) is 6.42 Å². The first-order chi connectivity index (χ1) is 7.72. The van der Waals surface area contributed by atoms with Crippen molar-refractivity contribution in [2.75, 3.05) is 19.6 Å². The summed E-state index contributed by atoms with van der Waals surface area (Å²) in [6.07, 6.45) is 4.82. The molecule has 16 heavy (non-hydrogen) atoms. The van der Waals surface area contributed by atoms with Crippen molar-refractivity contribution in [3.05, 3.63) is 0 Å². The number of amides is 1. The summed E-state index contributed by atoms with van der Waals surface area (Å²) < 4.78 is 0. The third kappa shape index (κ3) is 2.38. The van der Waals surface area contributed by atoms with Crippen molar-refractivity contribution >= 4 is 5.91 Å². The number of rotatable bonds is 2. The summed E-state index contributed by atoms with van der Waals surface area (Å²) in [6, 6.07) is 0. The molecule has 3 unspecified atom stereocenters. The van der Waals surface area contributed by atoms with Gasteiger partial charge in [0.05, 0.1) is 6.10 Å². The van der Waals surface area contributed by atoms with Crippen LogP contribution in [-0.4, -0.2) is 41.7 Å². The topological polar surface area (TPSA) is 66.6 Å². The fraction of sp³-hybridized carbons (Fsp3) is 0.917. The van der Waals surface area contributed by atoms with Crippen LogP contribution in [0.25, 0.3) is 0 Å². The van der Waals surface area contributed by atoms with Gasteiger partial charge in [0.2, 0.25) is 5.91 Å². The first-order valence-corrected chi connectivity index (χ1v) is 6.39. The molecule has 0 radical (unpaired) electrons. The highest BCUT2D eigenvalue weighted by atomic mass is 16.3. The van der Waals surface area contributed by atoms with Gasteiger partial charge in [0.25, 0.3) is 0 Å². The number of nitrogens with two attached hydrogens (primary N) is 1. The summed E-state index contributed by atoms with van der Waals surface area (Å²) in [5, 5.41) is 9.45. The summed E-state index contributed by atoms with van der Waals surface area (Å²) in [6.45, 7) is 1.85. The van der Waals surface area contributed by atoms with Crippen molar-refractivity contribution in [3.8, 4) is 0 Å². The first-order valence-electron chi connectivity index (χ1n) is 6.39. The number of carbonyl (C=O) groups excluding carboxylic acids is 1. The van der Waals surface area contributed by atoms with Crippen molar-refractivity contribution in [3.63, 3.8) is 0 Å². The molecule has 2 rings (SSSR count). The number of hydrogen-bond acceptors (Lipinski definition) is 3. The molecular weight excluding hydrogens is 204 g/mol. The minimum atomic E-state index is -0.316. The van der Waals surface area contributed by atoms with Crippen LogP contribution in [0.15, 0.2) is 0 Å². The highest BCUT2D eigenvalue weighted by Gasteiger charge is 2.35. The van der Waals surface area contributed by atoms with Crippen LogP contribution in [0.2, 0.25) is 0 Å². The molecule has 3 atom stereocenters. The number of nitrogens with zero attached hydrogens (tertiary/aromatic N) is 1. The van der Waals surface area contributed by atoms with E-state index >= 15 is 0 Å². The summed E-state index contributed by atoms with van der Waals surface area (Å²) in [5.41, 5.74) is 5.74.